The molecule has 0 aromatic heterocycles. The summed E-state index contributed by atoms with van der Waals surface area (Å²) in [6, 6.07) is 0. The Bertz CT molecular complexity index is 266. The van der Waals surface area contributed by atoms with Crippen LogP contribution in [-0.2, 0) is 4.79 Å². The monoisotopic (exact) mass is 194 g/mol. The Morgan fingerprint density at radius 2 is 2.36 bits per heavy atom. The maximum Gasteiger partial charge on any atom is 0.219 e. The first-order chi connectivity index (χ1) is 6.77. The lowest BCUT2D eigenvalue weighted by atomic mass is 10.2. The first kappa shape index (κ1) is 11.0. The highest BCUT2D eigenvalue weighted by molar-refractivity contribution is 5.75. The quantitative estimate of drug-likeness (QED) is 0.684. The van der Waals surface area contributed by atoms with Crippen molar-refractivity contribution in [1.82, 2.24) is 5.32 Å². The average Bonchev–Trinajstić information content (AvgIpc) is 2.62. The number of amides is 1. The van der Waals surface area contributed by atoms with Crippen LogP contribution >= 0.6 is 0 Å². The second-order valence-corrected chi connectivity index (χ2v) is 3.42. The van der Waals surface area contributed by atoms with E-state index in [0.29, 0.717) is 13.0 Å². The van der Waals surface area contributed by atoms with Gasteiger partial charge in [0.15, 0.2) is 0 Å². The number of aliphatic imine (C=N–C) groups is 1. The van der Waals surface area contributed by atoms with E-state index < -0.39 is 0 Å². The second-order valence-electron chi connectivity index (χ2n) is 3.42. The molecule has 1 rings (SSSR count). The van der Waals surface area contributed by atoms with Gasteiger partial charge in [-0.15, -0.1) is 0 Å². The zero-order valence-corrected chi connectivity index (χ0v) is 8.97. The van der Waals surface area contributed by atoms with Gasteiger partial charge in [0.2, 0.25) is 5.91 Å². The van der Waals surface area contributed by atoms with E-state index in [2.05, 4.69) is 10.3 Å². The molecule has 0 bridgehead atoms. The smallest absolute Gasteiger partial charge is 0.219 e. The highest BCUT2D eigenvalue weighted by atomic mass is 16.1. The molecular weight excluding hydrogens is 176 g/mol. The molecular formula is C11H18N2O. The molecule has 1 aliphatic carbocycles. The van der Waals surface area contributed by atoms with Crippen LogP contribution < -0.4 is 5.32 Å². The average molecular weight is 194 g/mol. The molecule has 1 amide bonds. The number of hydrogen-bond donors (Lipinski definition) is 1. The molecule has 14 heavy (non-hydrogen) atoms. The summed E-state index contributed by atoms with van der Waals surface area (Å²) in [4.78, 5) is 15.4. The van der Waals surface area contributed by atoms with E-state index in [0.717, 1.165) is 12.8 Å². The van der Waals surface area contributed by atoms with Crippen LogP contribution in [0.1, 0.15) is 39.5 Å². The van der Waals surface area contributed by atoms with Crippen molar-refractivity contribution in [2.24, 2.45) is 4.99 Å². The normalized spacial score (nSPS) is 16.7. The van der Waals surface area contributed by atoms with Crippen molar-refractivity contribution in [3.8, 4) is 0 Å². The van der Waals surface area contributed by atoms with Crippen LogP contribution in [0, 0.1) is 0 Å². The fraction of sp³-hybridized carbons (Fsp3) is 0.636. The molecule has 0 unspecified atom stereocenters. The Hall–Kier alpha value is -1.12. The van der Waals surface area contributed by atoms with Crippen LogP contribution in [0.25, 0.3) is 0 Å². The van der Waals surface area contributed by atoms with Gasteiger partial charge < -0.3 is 5.32 Å². The van der Waals surface area contributed by atoms with Gasteiger partial charge >= 0.3 is 0 Å². The molecule has 0 aromatic rings. The maximum absolute atomic E-state index is 11.1. The third kappa shape index (κ3) is 2.98. The summed E-state index contributed by atoms with van der Waals surface area (Å²) in [7, 11) is 0. The van der Waals surface area contributed by atoms with Gasteiger partial charge in [-0.2, -0.15) is 0 Å². The molecule has 0 aliphatic heterocycles. The van der Waals surface area contributed by atoms with E-state index in [1.807, 2.05) is 20.1 Å². The van der Waals surface area contributed by atoms with Gasteiger partial charge in [-0.25, -0.2) is 0 Å². The fourth-order valence-corrected chi connectivity index (χ4v) is 1.62. The fourth-order valence-electron chi connectivity index (χ4n) is 1.62. The van der Waals surface area contributed by atoms with Crippen LogP contribution in [0.3, 0.4) is 0 Å². The number of nitrogens with zero attached hydrogens (tertiary/aromatic N) is 1. The molecule has 1 N–H and O–H groups in total. The van der Waals surface area contributed by atoms with E-state index in [4.69, 9.17) is 0 Å². The summed E-state index contributed by atoms with van der Waals surface area (Å²) >= 11 is 0. The summed E-state index contributed by atoms with van der Waals surface area (Å²) in [5.41, 5.74) is 2.47. The van der Waals surface area contributed by atoms with E-state index in [9.17, 15) is 4.79 Å². The Labute approximate surface area is 85.3 Å². The van der Waals surface area contributed by atoms with Gasteiger partial charge in [0.25, 0.3) is 0 Å². The lowest BCUT2D eigenvalue weighted by molar-refractivity contribution is -0.120. The molecule has 0 fully saturated rings. The van der Waals surface area contributed by atoms with Gasteiger partial charge in [-0.05, 0) is 31.8 Å². The molecule has 1 aliphatic rings. The van der Waals surface area contributed by atoms with Crippen molar-refractivity contribution in [2.45, 2.75) is 39.5 Å². The van der Waals surface area contributed by atoms with Crippen molar-refractivity contribution in [2.75, 3.05) is 6.54 Å². The van der Waals surface area contributed by atoms with Gasteiger partial charge in [-0.3, -0.25) is 9.79 Å². The standard InChI is InChI=1S/C11H18N2O/c1-3-11(14)13-8-9-6-5-7-10(9)12-4-2/h4H,3,5-8H2,1-2H3,(H,13,14). The zero-order valence-electron chi connectivity index (χ0n) is 8.97. The molecule has 0 heterocycles. The largest absolute Gasteiger partial charge is 0.352 e. The van der Waals surface area contributed by atoms with Crippen LogP contribution in [0.5, 0.6) is 0 Å². The predicted octanol–water partition coefficient (Wildman–Crippen LogP) is 2.04. The molecule has 0 spiro atoms. The van der Waals surface area contributed by atoms with Gasteiger partial charge in [-0.1, -0.05) is 6.92 Å². The number of carbonyl (C=O) groups is 1. The van der Waals surface area contributed by atoms with E-state index >= 15 is 0 Å². The van der Waals surface area contributed by atoms with Gasteiger partial charge in [0.05, 0.1) is 0 Å². The van der Waals surface area contributed by atoms with Gasteiger partial charge in [0, 0.05) is 24.9 Å². The number of allylic oxidation sites excluding steroid dienone is 1. The summed E-state index contributed by atoms with van der Waals surface area (Å²) in [5, 5.41) is 2.89. The maximum atomic E-state index is 11.1. The minimum atomic E-state index is 0.115. The van der Waals surface area contributed by atoms with Crippen LogP contribution in [0.15, 0.2) is 16.3 Å². The van der Waals surface area contributed by atoms with Gasteiger partial charge in [0.1, 0.15) is 0 Å². The molecule has 0 saturated heterocycles. The first-order valence-corrected chi connectivity index (χ1v) is 5.24. The van der Waals surface area contributed by atoms with Crippen molar-refractivity contribution in [3.05, 3.63) is 11.3 Å². The third-order valence-electron chi connectivity index (χ3n) is 2.41. The van der Waals surface area contributed by atoms with E-state index in [1.54, 1.807) is 0 Å². The topological polar surface area (TPSA) is 41.5 Å². The summed E-state index contributed by atoms with van der Waals surface area (Å²) in [6.45, 7) is 4.47. The number of hydrogen-bond acceptors (Lipinski definition) is 2. The summed E-state index contributed by atoms with van der Waals surface area (Å²) in [6.07, 6.45) is 5.68. The molecule has 0 aromatic carbocycles. The van der Waals surface area contributed by atoms with Crippen molar-refractivity contribution >= 4 is 12.1 Å². The second kappa shape index (κ2) is 5.58. The summed E-state index contributed by atoms with van der Waals surface area (Å²) in [5.74, 6) is 0.115. The third-order valence-corrected chi connectivity index (χ3v) is 2.41. The van der Waals surface area contributed by atoms with E-state index in [-0.39, 0.29) is 5.91 Å². The highest BCUT2D eigenvalue weighted by Crippen LogP contribution is 2.25. The number of rotatable bonds is 4. The molecule has 0 atom stereocenters. The SMILES string of the molecule is CC=NC1=C(CNC(=O)CC)CCC1. The molecule has 0 saturated carbocycles. The number of carbonyl (C=O) groups excluding carboxylic acids is 1. The predicted molar refractivity (Wildman–Crippen MR) is 58.3 cm³/mol. The van der Waals surface area contributed by atoms with Crippen LogP contribution in [0.2, 0.25) is 0 Å². The highest BCUT2D eigenvalue weighted by Gasteiger charge is 2.13. The Balaban J connectivity index is 2.49. The molecule has 0 radical (unpaired) electrons. The number of nitrogens with one attached hydrogen (secondary N) is 1. The zero-order chi connectivity index (χ0) is 10.4. The first-order valence-electron chi connectivity index (χ1n) is 5.24. The Morgan fingerprint density at radius 3 is 3.00 bits per heavy atom. The Morgan fingerprint density at radius 1 is 1.57 bits per heavy atom. The molecule has 78 valence electrons. The Kier molecular flexibility index (Phi) is 4.36. The molecule has 3 nitrogen and oxygen atoms in total. The minimum Gasteiger partial charge on any atom is -0.352 e. The van der Waals surface area contributed by atoms with Crippen molar-refractivity contribution in [3.63, 3.8) is 0 Å². The minimum absolute atomic E-state index is 0.115. The lowest BCUT2D eigenvalue weighted by Gasteiger charge is -2.05. The molecule has 3 heteroatoms. The van der Waals surface area contributed by atoms with Crippen molar-refractivity contribution in [1.29, 1.82) is 0 Å². The van der Waals surface area contributed by atoms with Crippen molar-refractivity contribution < 1.29 is 4.79 Å². The summed E-state index contributed by atoms with van der Waals surface area (Å²) < 4.78 is 0. The van der Waals surface area contributed by atoms with Crippen LogP contribution in [0.4, 0.5) is 0 Å². The van der Waals surface area contributed by atoms with E-state index in [1.165, 1.54) is 17.7 Å². The van der Waals surface area contributed by atoms with Crippen LogP contribution in [-0.4, -0.2) is 18.7 Å². The lowest BCUT2D eigenvalue weighted by Crippen LogP contribution is -2.24.